The van der Waals surface area contributed by atoms with Crippen LogP contribution in [-0.4, -0.2) is 46.6 Å². The molecule has 2 amide bonds. The lowest BCUT2D eigenvalue weighted by molar-refractivity contribution is 0.0881. The molecule has 0 aliphatic carbocycles. The molecule has 9 nitrogen and oxygen atoms in total. The van der Waals surface area contributed by atoms with Crippen LogP contribution in [0.25, 0.3) is 0 Å². The smallest absolute Gasteiger partial charge is 0.414 e. The number of rotatable bonds is 9. The van der Waals surface area contributed by atoms with Crippen LogP contribution in [0.3, 0.4) is 0 Å². The molecule has 3 aromatic rings. The van der Waals surface area contributed by atoms with Gasteiger partial charge in [-0.05, 0) is 62.9 Å². The maximum absolute atomic E-state index is 14.0. The quantitative estimate of drug-likeness (QED) is 0.280. The van der Waals surface area contributed by atoms with Crippen molar-refractivity contribution >= 4 is 29.6 Å². The lowest BCUT2D eigenvalue weighted by Gasteiger charge is -2.30. The monoisotopic (exact) mass is 588 g/mol. The van der Waals surface area contributed by atoms with Crippen LogP contribution in [0, 0.1) is 24.5 Å². The van der Waals surface area contributed by atoms with Gasteiger partial charge in [-0.3, -0.25) is 10.00 Å². The number of hydrogen-bond donors (Lipinski definition) is 1. The predicted molar refractivity (Wildman–Crippen MR) is 149 cm³/mol. The molecule has 12 heteroatoms. The summed E-state index contributed by atoms with van der Waals surface area (Å²) in [5.74, 6) is -0.124. The number of piperidine rings is 1. The van der Waals surface area contributed by atoms with Crippen molar-refractivity contribution in [2.45, 2.75) is 39.8 Å². The van der Waals surface area contributed by atoms with E-state index < -0.39 is 23.8 Å². The maximum atomic E-state index is 14.0. The van der Waals surface area contributed by atoms with E-state index >= 15 is 0 Å². The molecule has 218 valence electrons. The number of hydrogen-bond acceptors (Lipinski definition) is 6. The van der Waals surface area contributed by atoms with Gasteiger partial charge in [-0.25, -0.2) is 18.4 Å². The third kappa shape index (κ3) is 8.43. The van der Waals surface area contributed by atoms with Crippen LogP contribution in [0.5, 0.6) is 5.75 Å². The number of carbonyl (C=O) groups excluding carboxylic acids is 2. The topological polar surface area (TPSA) is 94.9 Å². The fraction of sp³-hybridized carbons (Fsp3) is 0.345. The molecular formula is C29H31ClF2N4O5. The van der Waals surface area contributed by atoms with Crippen molar-refractivity contribution in [1.82, 2.24) is 14.7 Å². The van der Waals surface area contributed by atoms with Crippen LogP contribution in [-0.2, 0) is 22.6 Å². The van der Waals surface area contributed by atoms with Gasteiger partial charge in [-0.1, -0.05) is 18.2 Å². The summed E-state index contributed by atoms with van der Waals surface area (Å²) < 4.78 is 45.2. The summed E-state index contributed by atoms with van der Waals surface area (Å²) in [6, 6.07) is 10.0. The van der Waals surface area contributed by atoms with E-state index in [0.717, 1.165) is 11.8 Å². The summed E-state index contributed by atoms with van der Waals surface area (Å²) in [6.45, 7) is 8.42. The minimum Gasteiger partial charge on any atom is -0.488 e. The van der Waals surface area contributed by atoms with E-state index in [0.29, 0.717) is 53.8 Å². The number of ether oxygens (including phenoxy) is 3. The number of benzene rings is 2. The Balaban J connectivity index is 1.30. The molecule has 0 spiro atoms. The molecule has 41 heavy (non-hydrogen) atoms. The maximum Gasteiger partial charge on any atom is 0.414 e. The van der Waals surface area contributed by atoms with E-state index in [-0.39, 0.29) is 31.2 Å². The number of nitrogens with zero attached hydrogens (tertiary/aromatic N) is 3. The zero-order valence-electron chi connectivity index (χ0n) is 22.8. The summed E-state index contributed by atoms with van der Waals surface area (Å²) in [4.78, 5) is 26.0. The van der Waals surface area contributed by atoms with E-state index in [9.17, 15) is 18.4 Å². The van der Waals surface area contributed by atoms with Gasteiger partial charge in [0.2, 0.25) is 0 Å². The van der Waals surface area contributed by atoms with E-state index in [1.807, 2.05) is 6.92 Å². The average Bonchev–Trinajstić information content (AvgIpc) is 3.25. The number of anilines is 1. The fourth-order valence-corrected chi connectivity index (χ4v) is 4.52. The van der Waals surface area contributed by atoms with Crippen LogP contribution in [0.1, 0.15) is 36.6 Å². The predicted octanol–water partition coefficient (Wildman–Crippen LogP) is 6.68. The Labute approximate surface area is 241 Å². The molecule has 0 atom stereocenters. The fourth-order valence-electron chi connectivity index (χ4n) is 4.33. The first-order valence-corrected chi connectivity index (χ1v) is 13.4. The second kappa shape index (κ2) is 13.5. The molecule has 2 heterocycles. The highest BCUT2D eigenvalue weighted by molar-refractivity contribution is 6.30. The van der Waals surface area contributed by atoms with Crippen molar-refractivity contribution < 1.29 is 32.6 Å². The van der Waals surface area contributed by atoms with Gasteiger partial charge in [0.15, 0.2) is 5.82 Å². The lowest BCUT2D eigenvalue weighted by atomic mass is 9.98. The van der Waals surface area contributed by atoms with Crippen molar-refractivity contribution in [1.29, 1.82) is 0 Å². The van der Waals surface area contributed by atoms with Gasteiger partial charge in [0.25, 0.3) is 0 Å². The lowest BCUT2D eigenvalue weighted by Crippen LogP contribution is -2.39. The Morgan fingerprint density at radius 1 is 1.12 bits per heavy atom. The number of aromatic nitrogens is 2. The number of nitrogens with one attached hydrogen (secondary N) is 1. The second-order valence-corrected chi connectivity index (χ2v) is 10.3. The van der Waals surface area contributed by atoms with Crippen molar-refractivity contribution in [3.05, 3.63) is 88.3 Å². The Kier molecular flexibility index (Phi) is 9.82. The minimum atomic E-state index is -0.695. The van der Waals surface area contributed by atoms with Crippen LogP contribution in [0.2, 0.25) is 5.02 Å². The third-order valence-electron chi connectivity index (χ3n) is 6.54. The molecular weight excluding hydrogens is 558 g/mol. The number of halogens is 3. The Bertz CT molecular complexity index is 1420. The largest absolute Gasteiger partial charge is 0.488 e. The van der Waals surface area contributed by atoms with E-state index in [2.05, 4.69) is 17.0 Å². The number of carbonyl (C=O) groups is 2. The Hall–Kier alpha value is -4.12. The second-order valence-electron chi connectivity index (χ2n) is 9.83. The normalized spacial score (nSPS) is 13.5. The highest BCUT2D eigenvalue weighted by Gasteiger charge is 2.25. The molecule has 4 rings (SSSR count). The van der Waals surface area contributed by atoms with Gasteiger partial charge in [0, 0.05) is 47.1 Å². The van der Waals surface area contributed by atoms with E-state index in [1.165, 1.54) is 12.1 Å². The van der Waals surface area contributed by atoms with Gasteiger partial charge in [-0.15, -0.1) is 0 Å². The summed E-state index contributed by atoms with van der Waals surface area (Å²) in [7, 11) is 0. The summed E-state index contributed by atoms with van der Waals surface area (Å²) in [5.41, 5.74) is 1.65. The number of amides is 2. The zero-order chi connectivity index (χ0) is 29.5. The van der Waals surface area contributed by atoms with Crippen molar-refractivity contribution in [3.63, 3.8) is 0 Å². The highest BCUT2D eigenvalue weighted by Crippen LogP contribution is 2.26. The van der Waals surface area contributed by atoms with Crippen LogP contribution >= 0.6 is 11.6 Å². The van der Waals surface area contributed by atoms with Crippen LogP contribution in [0.15, 0.2) is 54.8 Å². The molecule has 1 aromatic heterocycles. The molecule has 1 saturated heterocycles. The first-order chi connectivity index (χ1) is 19.6. The first kappa shape index (κ1) is 29.9. The molecule has 0 unspecified atom stereocenters. The number of likely N-dealkylation sites (tertiary alicyclic amines) is 1. The van der Waals surface area contributed by atoms with Gasteiger partial charge < -0.3 is 19.1 Å². The van der Waals surface area contributed by atoms with Crippen molar-refractivity contribution in [2.75, 3.05) is 25.0 Å². The van der Waals surface area contributed by atoms with Gasteiger partial charge >= 0.3 is 12.2 Å². The van der Waals surface area contributed by atoms with Gasteiger partial charge in [0.05, 0.1) is 18.9 Å². The molecule has 1 aliphatic heterocycles. The Morgan fingerprint density at radius 3 is 2.59 bits per heavy atom. The van der Waals surface area contributed by atoms with Crippen LogP contribution in [0.4, 0.5) is 24.2 Å². The van der Waals surface area contributed by atoms with Gasteiger partial charge in [0.1, 0.15) is 24.0 Å². The Morgan fingerprint density at radius 2 is 1.88 bits per heavy atom. The summed E-state index contributed by atoms with van der Waals surface area (Å²) >= 11 is 6.21. The molecule has 1 N–H and O–H groups in total. The molecule has 0 radical (unpaired) electrons. The average molecular weight is 589 g/mol. The van der Waals surface area contributed by atoms with Crippen LogP contribution < -0.4 is 10.1 Å². The molecule has 0 bridgehead atoms. The molecule has 1 aliphatic rings. The number of aryl methyl sites for hydroxylation is 1. The molecule has 0 saturated carbocycles. The third-order valence-corrected chi connectivity index (χ3v) is 6.77. The number of allylic oxidation sites excluding steroid dienone is 1. The first-order valence-electron chi connectivity index (χ1n) is 13.0. The highest BCUT2D eigenvalue weighted by atomic mass is 35.5. The summed E-state index contributed by atoms with van der Waals surface area (Å²) in [5, 5.41) is 7.57. The van der Waals surface area contributed by atoms with Crippen molar-refractivity contribution in [2.24, 2.45) is 5.92 Å². The molecule has 1 fully saturated rings. The molecule has 2 aromatic carbocycles. The summed E-state index contributed by atoms with van der Waals surface area (Å²) in [6.07, 6.45) is 0.319. The van der Waals surface area contributed by atoms with Gasteiger partial charge in [-0.2, -0.15) is 5.10 Å². The SMILES string of the molecule is C=C(C)OC(=O)N1CCC(COC(=O)Nc2cc(C)n(Cc3cc(Cl)ccc3OCc3ccc(F)cc3F)n2)CC1. The van der Waals surface area contributed by atoms with Crippen molar-refractivity contribution in [3.8, 4) is 5.75 Å². The van der Waals surface area contributed by atoms with E-state index in [1.54, 1.807) is 40.8 Å². The minimum absolute atomic E-state index is 0.102. The standard InChI is InChI=1S/C29H31ClF2N4O5/c1-18(2)41-29(38)35-10-8-20(9-11-35)16-40-28(37)33-27-12-19(3)36(34-27)15-22-13-23(30)5-7-26(22)39-17-21-4-6-24(31)14-25(21)32/h4-7,12-14,20H,1,8-11,15-17H2,2-3H3,(H,33,34,37). The zero-order valence-corrected chi connectivity index (χ0v) is 23.5. The van der Waals surface area contributed by atoms with E-state index in [4.69, 9.17) is 25.8 Å².